The predicted octanol–water partition coefficient (Wildman–Crippen LogP) is 2.61. The fraction of sp³-hybridized carbons (Fsp3) is 0.400. The van der Waals surface area contributed by atoms with Gasteiger partial charge in [0.05, 0.1) is 37.2 Å². The van der Waals surface area contributed by atoms with Gasteiger partial charge in [-0.3, -0.25) is 0 Å². The van der Waals surface area contributed by atoms with Crippen LogP contribution in [0.4, 0.5) is 15.0 Å². The molecule has 1 saturated heterocycles. The van der Waals surface area contributed by atoms with Gasteiger partial charge in [0.25, 0.3) is 0 Å². The lowest BCUT2D eigenvalue weighted by Crippen LogP contribution is -2.49. The minimum atomic E-state index is -0.465. The van der Waals surface area contributed by atoms with E-state index in [9.17, 15) is 9.18 Å². The molecule has 0 aliphatic carbocycles. The molecule has 0 spiro atoms. The molecule has 10 heteroatoms. The number of carbonyl (C=O) groups is 1. The van der Waals surface area contributed by atoms with Gasteiger partial charge in [0.2, 0.25) is 5.88 Å². The van der Waals surface area contributed by atoms with Crippen molar-refractivity contribution in [3.05, 3.63) is 36.5 Å². The van der Waals surface area contributed by atoms with Gasteiger partial charge in [0, 0.05) is 32.4 Å². The number of piperazine rings is 1. The van der Waals surface area contributed by atoms with E-state index in [-0.39, 0.29) is 6.09 Å². The van der Waals surface area contributed by atoms with E-state index in [0.717, 1.165) is 18.4 Å². The third-order valence-corrected chi connectivity index (χ3v) is 4.95. The lowest BCUT2D eigenvalue weighted by Gasteiger charge is -2.34. The molecule has 1 fully saturated rings. The van der Waals surface area contributed by atoms with Crippen LogP contribution in [-0.4, -0.2) is 70.5 Å². The molecule has 3 aromatic heterocycles. The summed E-state index contributed by atoms with van der Waals surface area (Å²) in [5.41, 5.74) is 1.69. The molecule has 158 valence electrons. The second-order valence-electron chi connectivity index (χ2n) is 6.91. The number of rotatable bonds is 5. The summed E-state index contributed by atoms with van der Waals surface area (Å²) < 4.78 is 25.9. The molecule has 0 saturated carbocycles. The van der Waals surface area contributed by atoms with Gasteiger partial charge in [-0.25, -0.2) is 23.7 Å². The van der Waals surface area contributed by atoms with Gasteiger partial charge in [-0.05, 0) is 18.6 Å². The highest BCUT2D eigenvalue weighted by Crippen LogP contribution is 2.31. The first-order chi connectivity index (χ1) is 14.6. The third-order valence-electron chi connectivity index (χ3n) is 4.95. The van der Waals surface area contributed by atoms with E-state index in [2.05, 4.69) is 15.0 Å². The summed E-state index contributed by atoms with van der Waals surface area (Å²) in [4.78, 5) is 24.6. The number of methoxy groups -OCH3 is 1. The molecule has 0 N–H and O–H groups in total. The zero-order chi connectivity index (χ0) is 21.1. The molecule has 0 unspecified atom stereocenters. The molecule has 1 aliphatic rings. The molecule has 9 nitrogen and oxygen atoms in total. The van der Waals surface area contributed by atoms with Gasteiger partial charge in [0.15, 0.2) is 5.65 Å². The van der Waals surface area contributed by atoms with Crippen molar-refractivity contribution in [2.45, 2.75) is 13.3 Å². The van der Waals surface area contributed by atoms with Crippen molar-refractivity contribution in [1.29, 1.82) is 0 Å². The Morgan fingerprint density at radius 3 is 2.73 bits per heavy atom. The van der Waals surface area contributed by atoms with Crippen molar-refractivity contribution in [3.8, 4) is 17.0 Å². The number of pyridine rings is 1. The minimum absolute atomic E-state index is 0.274. The monoisotopic (exact) mass is 414 g/mol. The highest BCUT2D eigenvalue weighted by atomic mass is 19.1. The Morgan fingerprint density at radius 2 is 2.00 bits per heavy atom. The molecule has 4 heterocycles. The smallest absolute Gasteiger partial charge is 0.409 e. The van der Waals surface area contributed by atoms with Crippen LogP contribution in [0.15, 0.2) is 30.7 Å². The fourth-order valence-corrected chi connectivity index (χ4v) is 3.41. The number of fused-ring (bicyclic) bond motifs is 1. The van der Waals surface area contributed by atoms with E-state index in [1.165, 1.54) is 13.2 Å². The zero-order valence-electron chi connectivity index (χ0n) is 16.9. The average molecular weight is 414 g/mol. The first-order valence-corrected chi connectivity index (χ1v) is 9.81. The van der Waals surface area contributed by atoms with Gasteiger partial charge in [-0.1, -0.05) is 6.92 Å². The number of ether oxygens (including phenoxy) is 2. The number of carbonyl (C=O) groups excluding carboxylic acids is 1. The molecule has 1 amide bonds. The Labute approximate surface area is 173 Å². The molecule has 3 aromatic rings. The number of hydrogen-bond acceptors (Lipinski definition) is 7. The van der Waals surface area contributed by atoms with Crippen LogP contribution >= 0.6 is 0 Å². The predicted molar refractivity (Wildman–Crippen MR) is 108 cm³/mol. The maximum atomic E-state index is 13.8. The summed E-state index contributed by atoms with van der Waals surface area (Å²) in [6.45, 7) is 4.79. The largest absolute Gasteiger partial charge is 0.481 e. The van der Waals surface area contributed by atoms with Crippen molar-refractivity contribution in [3.63, 3.8) is 0 Å². The Hall–Kier alpha value is -3.43. The molecule has 0 aromatic carbocycles. The van der Waals surface area contributed by atoms with Crippen molar-refractivity contribution in [1.82, 2.24) is 24.5 Å². The molecule has 1 aliphatic heterocycles. The van der Waals surface area contributed by atoms with Crippen LogP contribution in [0.2, 0.25) is 0 Å². The summed E-state index contributed by atoms with van der Waals surface area (Å²) in [6, 6.07) is 3.23. The number of nitrogens with zero attached hydrogens (tertiary/aromatic N) is 6. The summed E-state index contributed by atoms with van der Waals surface area (Å²) in [7, 11) is 1.49. The van der Waals surface area contributed by atoms with Crippen LogP contribution < -0.4 is 9.64 Å². The first kappa shape index (κ1) is 19.9. The van der Waals surface area contributed by atoms with E-state index in [1.54, 1.807) is 15.6 Å². The molecule has 0 radical (unpaired) electrons. The van der Waals surface area contributed by atoms with Crippen molar-refractivity contribution in [2.24, 2.45) is 0 Å². The molecule has 4 rings (SSSR count). The molecule has 0 bridgehead atoms. The topological polar surface area (TPSA) is 85.1 Å². The third kappa shape index (κ3) is 3.85. The molecule has 0 atom stereocenters. The lowest BCUT2D eigenvalue weighted by atomic mass is 10.1. The number of anilines is 1. The van der Waals surface area contributed by atoms with Gasteiger partial charge < -0.3 is 19.3 Å². The first-order valence-electron chi connectivity index (χ1n) is 9.81. The highest BCUT2D eigenvalue weighted by molar-refractivity contribution is 5.80. The lowest BCUT2D eigenvalue weighted by molar-refractivity contribution is 0.100. The summed E-state index contributed by atoms with van der Waals surface area (Å²) in [5, 5.41) is 4.31. The molecular formula is C20H23FN6O3. The van der Waals surface area contributed by atoms with Crippen LogP contribution in [0.25, 0.3) is 16.8 Å². The van der Waals surface area contributed by atoms with Crippen LogP contribution in [0.5, 0.6) is 5.88 Å². The summed E-state index contributed by atoms with van der Waals surface area (Å²) >= 11 is 0. The summed E-state index contributed by atoms with van der Waals surface area (Å²) in [5.74, 6) is 0.597. The standard InChI is InChI=1S/C20H23FN6O3/c1-3-10-30-20(28)26-8-6-25(7-9-26)17-4-5-27-18(24-17)16(13-23-27)15-11-14(21)12-22-19(15)29-2/h4-5,11-13H,3,6-10H2,1-2H3. The van der Waals surface area contributed by atoms with Crippen molar-refractivity contribution in [2.75, 3.05) is 44.8 Å². The van der Waals surface area contributed by atoms with Crippen LogP contribution in [0.1, 0.15) is 13.3 Å². The van der Waals surface area contributed by atoms with Gasteiger partial charge in [0.1, 0.15) is 11.6 Å². The maximum absolute atomic E-state index is 13.8. The minimum Gasteiger partial charge on any atom is -0.481 e. The fourth-order valence-electron chi connectivity index (χ4n) is 3.41. The normalized spacial score (nSPS) is 14.2. The van der Waals surface area contributed by atoms with Gasteiger partial charge in [-0.2, -0.15) is 5.10 Å². The Balaban J connectivity index is 1.57. The molecular weight excluding hydrogens is 391 g/mol. The number of halogens is 1. The van der Waals surface area contributed by atoms with Gasteiger partial charge in [-0.15, -0.1) is 0 Å². The Bertz CT molecular complexity index is 1050. The highest BCUT2D eigenvalue weighted by Gasteiger charge is 2.23. The van der Waals surface area contributed by atoms with E-state index >= 15 is 0 Å². The van der Waals surface area contributed by atoms with E-state index < -0.39 is 5.82 Å². The second kappa shape index (κ2) is 8.52. The van der Waals surface area contributed by atoms with E-state index in [1.807, 2.05) is 19.2 Å². The quantitative estimate of drug-likeness (QED) is 0.634. The zero-order valence-corrected chi connectivity index (χ0v) is 16.9. The van der Waals surface area contributed by atoms with Gasteiger partial charge >= 0.3 is 6.09 Å². The SMILES string of the molecule is CCCOC(=O)N1CCN(c2ccn3ncc(-c4cc(F)cnc4OC)c3n2)CC1. The Morgan fingerprint density at radius 1 is 1.20 bits per heavy atom. The second-order valence-corrected chi connectivity index (χ2v) is 6.91. The van der Waals surface area contributed by atoms with Crippen molar-refractivity contribution < 1.29 is 18.7 Å². The van der Waals surface area contributed by atoms with Crippen LogP contribution in [0.3, 0.4) is 0 Å². The number of aromatic nitrogens is 4. The van der Waals surface area contributed by atoms with Crippen LogP contribution in [-0.2, 0) is 4.74 Å². The average Bonchev–Trinajstić information content (AvgIpc) is 3.20. The van der Waals surface area contributed by atoms with E-state index in [0.29, 0.717) is 55.4 Å². The van der Waals surface area contributed by atoms with E-state index in [4.69, 9.17) is 14.5 Å². The Kier molecular flexibility index (Phi) is 5.64. The van der Waals surface area contributed by atoms with Crippen molar-refractivity contribution >= 4 is 17.6 Å². The summed E-state index contributed by atoms with van der Waals surface area (Å²) in [6.07, 6.45) is 5.06. The number of hydrogen-bond donors (Lipinski definition) is 0. The van der Waals surface area contributed by atoms with Crippen LogP contribution in [0, 0.1) is 5.82 Å². The number of amides is 1. The molecule has 30 heavy (non-hydrogen) atoms. The maximum Gasteiger partial charge on any atom is 0.409 e.